The minimum Gasteiger partial charge on any atom is -0.370 e. The molecule has 1 heterocycles. The van der Waals surface area contributed by atoms with Gasteiger partial charge in [-0.25, -0.2) is 0 Å². The van der Waals surface area contributed by atoms with Crippen LogP contribution >= 0.6 is 0 Å². The van der Waals surface area contributed by atoms with Crippen LogP contribution in [0.4, 0.5) is 5.69 Å². The standard InChI is InChI=1S/C13H18N2O2/c1-11(15-7-9-17-10-8-15)13(16)14-12-5-3-2-4-6-12/h2-6,11H,7-10H2,1H3,(H,14,16)/p+1/t11-/m0/s1. The molecule has 1 aromatic rings. The molecule has 17 heavy (non-hydrogen) atoms. The van der Waals surface area contributed by atoms with Gasteiger partial charge in [0.2, 0.25) is 0 Å². The van der Waals surface area contributed by atoms with Crippen molar-refractivity contribution in [2.24, 2.45) is 0 Å². The van der Waals surface area contributed by atoms with Crippen LogP contribution in [0.1, 0.15) is 6.92 Å². The van der Waals surface area contributed by atoms with Crippen LogP contribution in [-0.2, 0) is 9.53 Å². The molecular formula is C13H19N2O2+. The molecule has 0 aliphatic carbocycles. The molecule has 1 saturated heterocycles. The van der Waals surface area contributed by atoms with Crippen molar-refractivity contribution in [2.45, 2.75) is 13.0 Å². The Morgan fingerprint density at radius 2 is 1.94 bits per heavy atom. The molecule has 0 bridgehead atoms. The van der Waals surface area contributed by atoms with Crippen LogP contribution < -0.4 is 10.2 Å². The lowest BCUT2D eigenvalue weighted by Gasteiger charge is -2.28. The lowest BCUT2D eigenvalue weighted by Crippen LogP contribution is -3.18. The van der Waals surface area contributed by atoms with E-state index in [0.717, 1.165) is 32.0 Å². The van der Waals surface area contributed by atoms with Gasteiger partial charge in [0.05, 0.1) is 13.2 Å². The summed E-state index contributed by atoms with van der Waals surface area (Å²) in [5.41, 5.74) is 0.858. The van der Waals surface area contributed by atoms with E-state index in [-0.39, 0.29) is 11.9 Å². The average Bonchev–Trinajstić information content (AvgIpc) is 2.40. The highest BCUT2D eigenvalue weighted by atomic mass is 16.5. The number of para-hydroxylation sites is 1. The Morgan fingerprint density at radius 3 is 2.59 bits per heavy atom. The topological polar surface area (TPSA) is 42.8 Å². The SMILES string of the molecule is C[C@@H](C(=O)Nc1ccccc1)[NH+]1CCOCC1. The maximum absolute atomic E-state index is 12.0. The van der Waals surface area contributed by atoms with Gasteiger partial charge in [-0.2, -0.15) is 0 Å². The lowest BCUT2D eigenvalue weighted by atomic mass is 10.2. The molecule has 4 heteroatoms. The zero-order chi connectivity index (χ0) is 12.1. The number of nitrogens with one attached hydrogen (secondary N) is 2. The third-order valence-electron chi connectivity index (χ3n) is 3.18. The Hall–Kier alpha value is -1.39. The van der Waals surface area contributed by atoms with E-state index < -0.39 is 0 Å². The van der Waals surface area contributed by atoms with Gasteiger partial charge in [-0.15, -0.1) is 0 Å². The van der Waals surface area contributed by atoms with Gasteiger partial charge in [0.1, 0.15) is 13.1 Å². The van der Waals surface area contributed by atoms with Gasteiger partial charge in [-0.3, -0.25) is 4.79 Å². The summed E-state index contributed by atoms with van der Waals surface area (Å²) in [6, 6.07) is 9.55. The molecule has 1 fully saturated rings. The molecule has 2 rings (SSSR count). The van der Waals surface area contributed by atoms with E-state index in [1.54, 1.807) is 0 Å². The molecule has 0 aromatic heterocycles. The van der Waals surface area contributed by atoms with E-state index in [9.17, 15) is 4.79 Å². The minimum atomic E-state index is -0.0286. The molecule has 92 valence electrons. The van der Waals surface area contributed by atoms with Crippen LogP contribution in [0.5, 0.6) is 0 Å². The summed E-state index contributed by atoms with van der Waals surface area (Å²) in [7, 11) is 0. The maximum Gasteiger partial charge on any atom is 0.282 e. The first-order valence-corrected chi connectivity index (χ1v) is 6.05. The smallest absolute Gasteiger partial charge is 0.282 e. The van der Waals surface area contributed by atoms with Crippen molar-refractivity contribution in [3.05, 3.63) is 30.3 Å². The zero-order valence-electron chi connectivity index (χ0n) is 10.1. The van der Waals surface area contributed by atoms with E-state index in [1.807, 2.05) is 37.3 Å². The van der Waals surface area contributed by atoms with Gasteiger partial charge < -0.3 is 15.0 Å². The molecule has 1 amide bonds. The first-order chi connectivity index (χ1) is 8.27. The molecule has 0 saturated carbocycles. The fraction of sp³-hybridized carbons (Fsp3) is 0.462. The summed E-state index contributed by atoms with van der Waals surface area (Å²) in [5, 5.41) is 2.94. The number of ether oxygens (including phenoxy) is 1. The van der Waals surface area contributed by atoms with Gasteiger partial charge in [-0.1, -0.05) is 18.2 Å². The maximum atomic E-state index is 12.0. The molecule has 1 aliphatic rings. The Labute approximate surface area is 102 Å². The fourth-order valence-electron chi connectivity index (χ4n) is 2.02. The molecule has 0 radical (unpaired) electrons. The summed E-state index contributed by atoms with van der Waals surface area (Å²) in [5.74, 6) is 0.0769. The van der Waals surface area contributed by atoms with Crippen LogP contribution in [0.2, 0.25) is 0 Å². The second-order valence-electron chi connectivity index (χ2n) is 4.35. The van der Waals surface area contributed by atoms with E-state index in [0.29, 0.717) is 0 Å². The Morgan fingerprint density at radius 1 is 1.29 bits per heavy atom. The van der Waals surface area contributed by atoms with Crippen molar-refractivity contribution in [2.75, 3.05) is 31.6 Å². The molecule has 0 unspecified atom stereocenters. The minimum absolute atomic E-state index is 0.0286. The van der Waals surface area contributed by atoms with Crippen molar-refractivity contribution >= 4 is 11.6 Å². The second kappa shape index (κ2) is 5.80. The van der Waals surface area contributed by atoms with Crippen LogP contribution in [0.3, 0.4) is 0 Å². The normalized spacial score (nSPS) is 18.6. The number of quaternary nitrogens is 1. The van der Waals surface area contributed by atoms with Crippen molar-refractivity contribution < 1.29 is 14.4 Å². The Balaban J connectivity index is 1.90. The van der Waals surface area contributed by atoms with Crippen LogP contribution in [0.15, 0.2) is 30.3 Å². The van der Waals surface area contributed by atoms with Crippen molar-refractivity contribution in [1.29, 1.82) is 0 Å². The quantitative estimate of drug-likeness (QED) is 0.770. The number of hydrogen-bond acceptors (Lipinski definition) is 2. The highest BCUT2D eigenvalue weighted by Gasteiger charge is 2.26. The number of rotatable bonds is 3. The van der Waals surface area contributed by atoms with E-state index in [1.165, 1.54) is 4.90 Å². The Bertz CT molecular complexity index is 361. The molecule has 1 aliphatic heterocycles. The molecular weight excluding hydrogens is 216 g/mol. The van der Waals surface area contributed by atoms with Crippen LogP contribution in [0, 0.1) is 0 Å². The van der Waals surface area contributed by atoms with E-state index >= 15 is 0 Å². The van der Waals surface area contributed by atoms with Gasteiger partial charge in [-0.05, 0) is 19.1 Å². The number of anilines is 1. The molecule has 4 nitrogen and oxygen atoms in total. The average molecular weight is 235 g/mol. The summed E-state index contributed by atoms with van der Waals surface area (Å²) < 4.78 is 5.30. The van der Waals surface area contributed by atoms with Crippen molar-refractivity contribution in [1.82, 2.24) is 0 Å². The fourth-order valence-corrected chi connectivity index (χ4v) is 2.02. The highest BCUT2D eigenvalue weighted by molar-refractivity contribution is 5.93. The van der Waals surface area contributed by atoms with Gasteiger partial charge in [0.15, 0.2) is 6.04 Å². The number of hydrogen-bond donors (Lipinski definition) is 2. The molecule has 0 spiro atoms. The van der Waals surface area contributed by atoms with Crippen LogP contribution in [-0.4, -0.2) is 38.3 Å². The first kappa shape index (κ1) is 12.1. The monoisotopic (exact) mass is 235 g/mol. The number of carbonyl (C=O) groups excluding carboxylic acids is 1. The second-order valence-corrected chi connectivity index (χ2v) is 4.35. The summed E-state index contributed by atoms with van der Waals surface area (Å²) >= 11 is 0. The number of carbonyl (C=O) groups is 1. The molecule has 1 aromatic carbocycles. The van der Waals surface area contributed by atoms with E-state index in [2.05, 4.69) is 5.32 Å². The first-order valence-electron chi connectivity index (χ1n) is 6.05. The zero-order valence-corrected chi connectivity index (χ0v) is 10.1. The predicted molar refractivity (Wildman–Crippen MR) is 66.0 cm³/mol. The molecule has 2 N–H and O–H groups in total. The van der Waals surface area contributed by atoms with Crippen molar-refractivity contribution in [3.8, 4) is 0 Å². The summed E-state index contributed by atoms with van der Waals surface area (Å²) in [6.07, 6.45) is 0. The number of morpholine rings is 1. The number of benzene rings is 1. The third-order valence-corrected chi connectivity index (χ3v) is 3.18. The molecule has 1 atom stereocenters. The highest BCUT2D eigenvalue weighted by Crippen LogP contribution is 2.04. The van der Waals surface area contributed by atoms with Gasteiger partial charge in [0, 0.05) is 5.69 Å². The van der Waals surface area contributed by atoms with Crippen molar-refractivity contribution in [3.63, 3.8) is 0 Å². The third kappa shape index (κ3) is 3.28. The number of amides is 1. The van der Waals surface area contributed by atoms with Gasteiger partial charge >= 0.3 is 0 Å². The van der Waals surface area contributed by atoms with E-state index in [4.69, 9.17) is 4.74 Å². The largest absolute Gasteiger partial charge is 0.370 e. The summed E-state index contributed by atoms with van der Waals surface area (Å²) in [4.78, 5) is 13.3. The lowest BCUT2D eigenvalue weighted by molar-refractivity contribution is -0.921. The summed E-state index contributed by atoms with van der Waals surface area (Å²) in [6.45, 7) is 5.28. The Kier molecular flexibility index (Phi) is 4.12. The van der Waals surface area contributed by atoms with Crippen LogP contribution in [0.25, 0.3) is 0 Å². The van der Waals surface area contributed by atoms with Gasteiger partial charge in [0.25, 0.3) is 5.91 Å². The predicted octanol–water partition coefficient (Wildman–Crippen LogP) is -0.0713.